The third kappa shape index (κ3) is 3.37. The van der Waals surface area contributed by atoms with E-state index in [2.05, 4.69) is 37.6 Å². The fourth-order valence-electron chi connectivity index (χ4n) is 2.61. The van der Waals surface area contributed by atoms with Crippen LogP contribution in [0, 0.1) is 0 Å². The van der Waals surface area contributed by atoms with E-state index in [4.69, 9.17) is 5.73 Å². The Hall–Kier alpha value is -1.40. The minimum absolute atomic E-state index is 0.254. The van der Waals surface area contributed by atoms with Crippen LogP contribution in [-0.4, -0.2) is 34.3 Å². The fraction of sp³-hybridized carbons (Fsp3) is 0.571. The maximum Gasteiger partial charge on any atom is 0.244 e. The van der Waals surface area contributed by atoms with Crippen molar-refractivity contribution in [2.45, 2.75) is 38.1 Å². The number of rotatable bonds is 5. The van der Waals surface area contributed by atoms with Crippen molar-refractivity contribution in [3.63, 3.8) is 0 Å². The van der Waals surface area contributed by atoms with Gasteiger partial charge in [-0.3, -0.25) is 5.10 Å². The highest BCUT2D eigenvalue weighted by Gasteiger charge is 2.19. The number of aromatic amines is 1. The molecule has 0 radical (unpaired) electrons. The van der Waals surface area contributed by atoms with Crippen molar-refractivity contribution in [2.75, 3.05) is 18.0 Å². The lowest BCUT2D eigenvalue weighted by Gasteiger charge is -2.29. The van der Waals surface area contributed by atoms with Crippen LogP contribution in [0.2, 0.25) is 0 Å². The number of piperidine rings is 1. The number of thiophene rings is 1. The first kappa shape index (κ1) is 13.6. The van der Waals surface area contributed by atoms with E-state index in [1.54, 1.807) is 0 Å². The second-order valence-corrected chi connectivity index (χ2v) is 6.40. The van der Waals surface area contributed by atoms with Crippen LogP contribution >= 0.6 is 11.3 Å². The molecule has 3 heterocycles. The zero-order valence-electron chi connectivity index (χ0n) is 11.6. The lowest BCUT2D eigenvalue weighted by molar-refractivity contribution is 0.500. The summed E-state index contributed by atoms with van der Waals surface area (Å²) in [7, 11) is 0. The molecule has 5 nitrogen and oxygen atoms in total. The number of hydrogen-bond donors (Lipinski definition) is 2. The molecule has 6 heteroatoms. The summed E-state index contributed by atoms with van der Waals surface area (Å²) in [5, 5.41) is 9.51. The molecule has 108 valence electrons. The van der Waals surface area contributed by atoms with Crippen LogP contribution in [0.5, 0.6) is 0 Å². The number of aryl methyl sites for hydroxylation is 2. The van der Waals surface area contributed by atoms with Crippen molar-refractivity contribution in [1.29, 1.82) is 0 Å². The van der Waals surface area contributed by atoms with Crippen LogP contribution in [0.15, 0.2) is 17.5 Å². The highest BCUT2D eigenvalue weighted by atomic mass is 32.1. The van der Waals surface area contributed by atoms with Crippen molar-refractivity contribution in [3.8, 4) is 0 Å². The Morgan fingerprint density at radius 2 is 2.40 bits per heavy atom. The number of nitrogens with zero attached hydrogens (tertiary/aromatic N) is 3. The molecule has 0 aliphatic carbocycles. The molecule has 1 saturated heterocycles. The van der Waals surface area contributed by atoms with Gasteiger partial charge in [0.1, 0.15) is 5.82 Å². The van der Waals surface area contributed by atoms with E-state index in [0.29, 0.717) is 0 Å². The molecule has 3 N–H and O–H groups in total. The average Bonchev–Trinajstić information content (AvgIpc) is 3.10. The molecule has 2 aromatic heterocycles. The lowest BCUT2D eigenvalue weighted by Crippen LogP contribution is -2.43. The summed E-state index contributed by atoms with van der Waals surface area (Å²) in [4.78, 5) is 8.22. The van der Waals surface area contributed by atoms with Crippen molar-refractivity contribution in [2.24, 2.45) is 5.73 Å². The first-order chi connectivity index (χ1) is 9.81. The molecular weight excluding hydrogens is 270 g/mol. The number of H-pyrrole nitrogens is 1. The molecule has 20 heavy (non-hydrogen) atoms. The molecule has 0 aromatic carbocycles. The standard InChI is InChI=1S/C14H21N5S/c15-11-4-2-8-19(10-11)14-16-13(17-18-14)7-1-5-12-6-3-9-20-12/h3,6,9,11H,1-2,4-5,7-8,10,15H2,(H,16,17,18). The minimum atomic E-state index is 0.254. The molecule has 0 saturated carbocycles. The maximum atomic E-state index is 6.00. The van der Waals surface area contributed by atoms with Crippen molar-refractivity contribution in [1.82, 2.24) is 15.2 Å². The maximum absolute atomic E-state index is 6.00. The van der Waals surface area contributed by atoms with Crippen LogP contribution in [0.3, 0.4) is 0 Å². The van der Waals surface area contributed by atoms with Gasteiger partial charge in [0.2, 0.25) is 5.95 Å². The first-order valence-electron chi connectivity index (χ1n) is 7.25. The van der Waals surface area contributed by atoms with Crippen molar-refractivity contribution >= 4 is 17.3 Å². The topological polar surface area (TPSA) is 70.8 Å². The van der Waals surface area contributed by atoms with Gasteiger partial charge in [0.05, 0.1) is 0 Å². The fourth-order valence-corrected chi connectivity index (χ4v) is 3.37. The van der Waals surface area contributed by atoms with Gasteiger partial charge in [-0.25, -0.2) is 0 Å². The van der Waals surface area contributed by atoms with Crippen molar-refractivity contribution < 1.29 is 0 Å². The second-order valence-electron chi connectivity index (χ2n) is 5.36. The van der Waals surface area contributed by atoms with Gasteiger partial charge < -0.3 is 10.6 Å². The molecular formula is C14H21N5S. The van der Waals surface area contributed by atoms with E-state index in [-0.39, 0.29) is 6.04 Å². The molecule has 0 bridgehead atoms. The Bertz CT molecular complexity index is 521. The molecule has 1 aliphatic heterocycles. The summed E-state index contributed by atoms with van der Waals surface area (Å²) in [6.07, 6.45) is 5.40. The van der Waals surface area contributed by atoms with E-state index in [0.717, 1.165) is 57.0 Å². The molecule has 1 fully saturated rings. The van der Waals surface area contributed by atoms with Crippen LogP contribution in [0.4, 0.5) is 5.95 Å². The Morgan fingerprint density at radius 1 is 1.45 bits per heavy atom. The van der Waals surface area contributed by atoms with Gasteiger partial charge in [0.15, 0.2) is 0 Å². The van der Waals surface area contributed by atoms with Gasteiger partial charge in [0, 0.05) is 30.4 Å². The molecule has 1 atom stereocenters. The molecule has 0 amide bonds. The van der Waals surface area contributed by atoms with Gasteiger partial charge in [-0.2, -0.15) is 4.98 Å². The third-order valence-corrected chi connectivity index (χ3v) is 4.61. The molecule has 2 aromatic rings. The van der Waals surface area contributed by atoms with Gasteiger partial charge in [0.25, 0.3) is 0 Å². The summed E-state index contributed by atoms with van der Waals surface area (Å²) < 4.78 is 0. The highest BCUT2D eigenvalue weighted by molar-refractivity contribution is 7.09. The highest BCUT2D eigenvalue weighted by Crippen LogP contribution is 2.16. The van der Waals surface area contributed by atoms with Crippen LogP contribution in [-0.2, 0) is 12.8 Å². The second kappa shape index (κ2) is 6.37. The molecule has 1 aliphatic rings. The summed E-state index contributed by atoms with van der Waals surface area (Å²) in [6.45, 7) is 1.88. The van der Waals surface area contributed by atoms with Crippen LogP contribution in [0.25, 0.3) is 0 Å². The largest absolute Gasteiger partial charge is 0.338 e. The molecule has 3 rings (SSSR count). The third-order valence-electron chi connectivity index (χ3n) is 3.68. The molecule has 1 unspecified atom stereocenters. The van der Waals surface area contributed by atoms with Crippen LogP contribution in [0.1, 0.15) is 30.0 Å². The predicted octanol–water partition coefficient (Wildman–Crippen LogP) is 1.97. The quantitative estimate of drug-likeness (QED) is 0.883. The summed E-state index contributed by atoms with van der Waals surface area (Å²) in [5.74, 6) is 1.79. The average molecular weight is 291 g/mol. The zero-order chi connectivity index (χ0) is 13.8. The zero-order valence-corrected chi connectivity index (χ0v) is 12.4. The Balaban J connectivity index is 1.51. The van der Waals surface area contributed by atoms with Gasteiger partial charge in [-0.05, 0) is 37.1 Å². The van der Waals surface area contributed by atoms with Crippen molar-refractivity contribution in [3.05, 3.63) is 28.2 Å². The first-order valence-corrected chi connectivity index (χ1v) is 8.13. The van der Waals surface area contributed by atoms with Crippen LogP contribution < -0.4 is 10.6 Å². The van der Waals surface area contributed by atoms with E-state index in [1.807, 2.05) is 11.3 Å². The summed E-state index contributed by atoms with van der Waals surface area (Å²) in [6, 6.07) is 4.54. The number of aromatic nitrogens is 3. The Morgan fingerprint density at radius 3 is 3.20 bits per heavy atom. The lowest BCUT2D eigenvalue weighted by atomic mass is 10.1. The number of anilines is 1. The Labute approximate surface area is 123 Å². The van der Waals surface area contributed by atoms with E-state index >= 15 is 0 Å². The monoisotopic (exact) mass is 291 g/mol. The molecule has 0 spiro atoms. The van der Waals surface area contributed by atoms with Gasteiger partial charge >= 0.3 is 0 Å². The smallest absolute Gasteiger partial charge is 0.244 e. The van der Waals surface area contributed by atoms with Gasteiger partial charge in [-0.1, -0.05) is 6.07 Å². The normalized spacial score (nSPS) is 19.4. The summed E-state index contributed by atoms with van der Waals surface area (Å²) in [5.41, 5.74) is 6.00. The van der Waals surface area contributed by atoms with Gasteiger partial charge in [-0.15, -0.1) is 16.4 Å². The number of hydrogen-bond acceptors (Lipinski definition) is 5. The van der Waals surface area contributed by atoms with E-state index in [1.165, 1.54) is 4.88 Å². The number of nitrogens with two attached hydrogens (primary N) is 1. The van der Waals surface area contributed by atoms with E-state index < -0.39 is 0 Å². The predicted molar refractivity (Wildman–Crippen MR) is 82.1 cm³/mol. The van der Waals surface area contributed by atoms with E-state index in [9.17, 15) is 0 Å². The number of nitrogens with one attached hydrogen (secondary N) is 1. The summed E-state index contributed by atoms with van der Waals surface area (Å²) >= 11 is 1.82. The SMILES string of the molecule is NC1CCCN(c2n[nH]c(CCCc3cccs3)n2)C1. The Kier molecular flexibility index (Phi) is 4.32. The minimum Gasteiger partial charge on any atom is -0.338 e.